The average Bonchev–Trinajstić information content (AvgIpc) is 3.32. The first-order valence-corrected chi connectivity index (χ1v) is 8.96. The monoisotopic (exact) mass is 367 g/mol. The number of carbonyl (C=O) groups is 2. The highest BCUT2D eigenvalue weighted by Crippen LogP contribution is 2.37. The fourth-order valence-electron chi connectivity index (χ4n) is 3.44. The molecule has 0 radical (unpaired) electrons. The summed E-state index contributed by atoms with van der Waals surface area (Å²) in [5.41, 5.74) is 1.87. The summed E-state index contributed by atoms with van der Waals surface area (Å²) in [5, 5.41) is 0. The van der Waals surface area contributed by atoms with Gasteiger partial charge in [-0.2, -0.15) is 0 Å². The van der Waals surface area contributed by atoms with Gasteiger partial charge in [-0.05, 0) is 36.2 Å². The first-order valence-electron chi connectivity index (χ1n) is 8.96. The standard InChI is InChI=1S/C20H21N3O4/c1-22(9-6-14-4-7-21-8-5-14)20(25)15-10-19(24)23(12-15)16-2-3-17-18(11-16)27-13-26-17/h2-5,7-8,11,15H,6,9-10,12-13H2,1H3. The van der Waals surface area contributed by atoms with Crippen molar-refractivity contribution in [1.29, 1.82) is 0 Å². The molecule has 2 aliphatic rings. The molecule has 2 aliphatic heterocycles. The Kier molecular flexibility index (Phi) is 4.66. The number of ether oxygens (including phenoxy) is 2. The maximum Gasteiger partial charge on any atom is 0.231 e. The van der Waals surface area contributed by atoms with Crippen LogP contribution in [0, 0.1) is 5.92 Å². The van der Waals surface area contributed by atoms with Crippen LogP contribution in [0.2, 0.25) is 0 Å². The van der Waals surface area contributed by atoms with E-state index in [1.54, 1.807) is 41.4 Å². The van der Waals surface area contributed by atoms with Gasteiger partial charge < -0.3 is 19.3 Å². The Balaban J connectivity index is 1.38. The number of carbonyl (C=O) groups excluding carboxylic acids is 2. The molecule has 4 rings (SSSR count). The second-order valence-corrected chi connectivity index (χ2v) is 6.81. The third kappa shape index (κ3) is 3.58. The van der Waals surface area contributed by atoms with E-state index in [9.17, 15) is 9.59 Å². The molecule has 1 fully saturated rings. The third-order valence-corrected chi connectivity index (χ3v) is 5.00. The van der Waals surface area contributed by atoms with Crippen molar-refractivity contribution in [3.05, 3.63) is 48.3 Å². The first-order chi connectivity index (χ1) is 13.1. The molecule has 1 aromatic carbocycles. The van der Waals surface area contributed by atoms with E-state index in [0.717, 1.165) is 17.7 Å². The van der Waals surface area contributed by atoms with Crippen molar-refractivity contribution in [2.45, 2.75) is 12.8 Å². The van der Waals surface area contributed by atoms with Crippen LogP contribution >= 0.6 is 0 Å². The summed E-state index contributed by atoms with van der Waals surface area (Å²) in [6.07, 6.45) is 4.48. The van der Waals surface area contributed by atoms with Crippen LogP contribution in [0.15, 0.2) is 42.7 Å². The maximum atomic E-state index is 12.8. The lowest BCUT2D eigenvalue weighted by atomic mass is 10.1. The van der Waals surface area contributed by atoms with Gasteiger partial charge in [0.2, 0.25) is 18.6 Å². The molecule has 0 bridgehead atoms. The molecule has 1 unspecified atom stereocenters. The van der Waals surface area contributed by atoms with Crippen molar-refractivity contribution >= 4 is 17.5 Å². The van der Waals surface area contributed by atoms with Crippen molar-refractivity contribution in [2.75, 3.05) is 31.8 Å². The molecule has 0 spiro atoms. The van der Waals surface area contributed by atoms with Gasteiger partial charge in [0, 0.05) is 50.7 Å². The number of nitrogens with zero attached hydrogens (tertiary/aromatic N) is 3. The fraction of sp³-hybridized carbons (Fsp3) is 0.350. The number of likely N-dealkylation sites (N-methyl/N-ethyl adjacent to an activating group) is 1. The quantitative estimate of drug-likeness (QED) is 0.807. The normalized spacial score (nSPS) is 18.0. The lowest BCUT2D eigenvalue weighted by Gasteiger charge is -2.21. The number of aromatic nitrogens is 1. The number of hydrogen-bond acceptors (Lipinski definition) is 5. The van der Waals surface area contributed by atoms with E-state index >= 15 is 0 Å². The number of anilines is 1. The summed E-state index contributed by atoms with van der Waals surface area (Å²) in [7, 11) is 1.79. The predicted octanol–water partition coefficient (Wildman–Crippen LogP) is 1.86. The van der Waals surface area contributed by atoms with Gasteiger partial charge in [0.25, 0.3) is 0 Å². The highest BCUT2D eigenvalue weighted by Gasteiger charge is 2.36. The number of benzene rings is 1. The number of rotatable bonds is 5. The van der Waals surface area contributed by atoms with Gasteiger partial charge in [0.15, 0.2) is 11.5 Å². The van der Waals surface area contributed by atoms with Crippen LogP contribution in [0.25, 0.3) is 0 Å². The Morgan fingerprint density at radius 1 is 1.22 bits per heavy atom. The molecule has 1 aromatic heterocycles. The Morgan fingerprint density at radius 2 is 2.00 bits per heavy atom. The topological polar surface area (TPSA) is 72.0 Å². The van der Waals surface area contributed by atoms with E-state index in [1.807, 2.05) is 18.2 Å². The Morgan fingerprint density at radius 3 is 2.81 bits per heavy atom. The average molecular weight is 367 g/mol. The summed E-state index contributed by atoms with van der Waals surface area (Å²) in [5.74, 6) is 0.930. The van der Waals surface area contributed by atoms with Crippen LogP contribution in [0.4, 0.5) is 5.69 Å². The van der Waals surface area contributed by atoms with Crippen LogP contribution in [0.5, 0.6) is 11.5 Å². The van der Waals surface area contributed by atoms with Crippen molar-refractivity contribution in [3.63, 3.8) is 0 Å². The van der Waals surface area contributed by atoms with Crippen LogP contribution in [0.3, 0.4) is 0 Å². The largest absolute Gasteiger partial charge is 0.454 e. The van der Waals surface area contributed by atoms with Crippen molar-refractivity contribution in [2.24, 2.45) is 5.92 Å². The molecule has 2 aromatic rings. The molecule has 1 atom stereocenters. The lowest BCUT2D eigenvalue weighted by Crippen LogP contribution is -2.36. The summed E-state index contributed by atoms with van der Waals surface area (Å²) in [6.45, 7) is 1.19. The van der Waals surface area contributed by atoms with Crippen LogP contribution < -0.4 is 14.4 Å². The number of fused-ring (bicyclic) bond motifs is 1. The number of pyridine rings is 1. The Bertz CT molecular complexity index is 856. The molecule has 0 aliphatic carbocycles. The summed E-state index contributed by atoms with van der Waals surface area (Å²) < 4.78 is 10.7. The lowest BCUT2D eigenvalue weighted by molar-refractivity contribution is -0.134. The van der Waals surface area contributed by atoms with Gasteiger partial charge in [-0.15, -0.1) is 0 Å². The molecule has 140 valence electrons. The molecule has 27 heavy (non-hydrogen) atoms. The molecule has 0 saturated carbocycles. The Hall–Kier alpha value is -3.09. The molecule has 3 heterocycles. The van der Waals surface area contributed by atoms with Crippen LogP contribution in [-0.2, 0) is 16.0 Å². The van der Waals surface area contributed by atoms with Crippen LogP contribution in [0.1, 0.15) is 12.0 Å². The smallest absolute Gasteiger partial charge is 0.231 e. The summed E-state index contributed by atoms with van der Waals surface area (Å²) in [4.78, 5) is 32.6. The van der Waals surface area contributed by atoms with Gasteiger partial charge >= 0.3 is 0 Å². The van der Waals surface area contributed by atoms with E-state index < -0.39 is 0 Å². The minimum atomic E-state index is -0.328. The molecule has 7 nitrogen and oxygen atoms in total. The van der Waals surface area contributed by atoms with E-state index in [0.29, 0.717) is 24.6 Å². The molecule has 7 heteroatoms. The predicted molar refractivity (Wildman–Crippen MR) is 98.6 cm³/mol. The summed E-state index contributed by atoms with van der Waals surface area (Å²) in [6, 6.07) is 9.30. The molecule has 0 N–H and O–H groups in total. The van der Waals surface area contributed by atoms with Gasteiger partial charge in [-0.1, -0.05) is 0 Å². The zero-order chi connectivity index (χ0) is 18.8. The van der Waals surface area contributed by atoms with E-state index in [4.69, 9.17) is 9.47 Å². The highest BCUT2D eigenvalue weighted by molar-refractivity contribution is 6.00. The zero-order valence-electron chi connectivity index (χ0n) is 15.1. The van der Waals surface area contributed by atoms with Crippen molar-refractivity contribution in [3.8, 4) is 11.5 Å². The first kappa shape index (κ1) is 17.3. The minimum absolute atomic E-state index is 0.000601. The van der Waals surface area contributed by atoms with E-state index in [1.165, 1.54) is 0 Å². The second kappa shape index (κ2) is 7.26. The minimum Gasteiger partial charge on any atom is -0.454 e. The van der Waals surface area contributed by atoms with Crippen molar-refractivity contribution < 1.29 is 19.1 Å². The summed E-state index contributed by atoms with van der Waals surface area (Å²) >= 11 is 0. The van der Waals surface area contributed by atoms with Gasteiger partial charge in [-0.25, -0.2) is 0 Å². The van der Waals surface area contributed by atoms with Gasteiger partial charge in [-0.3, -0.25) is 14.6 Å². The Labute approximate surface area is 157 Å². The number of hydrogen-bond donors (Lipinski definition) is 0. The third-order valence-electron chi connectivity index (χ3n) is 5.00. The molecule has 1 saturated heterocycles. The highest BCUT2D eigenvalue weighted by atomic mass is 16.7. The zero-order valence-corrected chi connectivity index (χ0v) is 15.1. The van der Waals surface area contributed by atoms with E-state index in [2.05, 4.69) is 4.98 Å². The number of amides is 2. The fourth-order valence-corrected chi connectivity index (χ4v) is 3.44. The SMILES string of the molecule is CN(CCc1ccncc1)C(=O)C1CC(=O)N(c2ccc3c(c2)OCO3)C1. The van der Waals surface area contributed by atoms with Gasteiger partial charge in [0.05, 0.1) is 5.92 Å². The molecule has 2 amide bonds. The molecular formula is C20H21N3O4. The molecular weight excluding hydrogens is 346 g/mol. The maximum absolute atomic E-state index is 12.8. The second-order valence-electron chi connectivity index (χ2n) is 6.81. The van der Waals surface area contributed by atoms with Gasteiger partial charge in [0.1, 0.15) is 0 Å². The van der Waals surface area contributed by atoms with E-state index in [-0.39, 0.29) is 30.9 Å². The van der Waals surface area contributed by atoms with Crippen molar-refractivity contribution in [1.82, 2.24) is 9.88 Å². The van der Waals surface area contributed by atoms with Crippen LogP contribution in [-0.4, -0.2) is 48.6 Å².